The van der Waals surface area contributed by atoms with Crippen molar-refractivity contribution in [3.05, 3.63) is 48.0 Å². The summed E-state index contributed by atoms with van der Waals surface area (Å²) in [6.07, 6.45) is 8.84. The molecule has 0 bridgehead atoms. The van der Waals surface area contributed by atoms with E-state index in [2.05, 4.69) is 16.2 Å². The van der Waals surface area contributed by atoms with Gasteiger partial charge >= 0.3 is 0 Å². The molecule has 6 nitrogen and oxygen atoms in total. The molecule has 1 amide bonds. The van der Waals surface area contributed by atoms with Crippen LogP contribution in [0.5, 0.6) is 0 Å². The maximum absolute atomic E-state index is 13.4. The number of halogens is 1. The lowest BCUT2D eigenvalue weighted by molar-refractivity contribution is -0.124. The number of rotatable bonds is 3. The number of anilines is 1. The molecule has 2 aliphatic rings. The monoisotopic (exact) mass is 391 g/mol. The van der Waals surface area contributed by atoms with E-state index in [1.165, 1.54) is 0 Å². The molecule has 1 aliphatic heterocycles. The number of pyridine rings is 1. The van der Waals surface area contributed by atoms with Crippen LogP contribution in [-0.4, -0.2) is 27.0 Å². The first kappa shape index (κ1) is 17.2. The molecule has 2 atom stereocenters. The Morgan fingerprint density at radius 2 is 2.11 bits per heavy atom. The molecule has 5 rings (SSSR count). The van der Waals surface area contributed by atoms with E-state index in [9.17, 15) is 10.1 Å². The first-order valence-electron chi connectivity index (χ1n) is 9.36. The van der Waals surface area contributed by atoms with Gasteiger partial charge in [0.05, 0.1) is 22.3 Å². The minimum absolute atomic E-state index is 0.00252. The molecular formula is C21H18ClN5O. The quantitative estimate of drug-likeness (QED) is 0.677. The molecule has 1 saturated heterocycles. The molecule has 4 heterocycles. The second kappa shape index (κ2) is 6.05. The predicted molar refractivity (Wildman–Crippen MR) is 106 cm³/mol. The van der Waals surface area contributed by atoms with Crippen LogP contribution in [-0.2, 0) is 4.79 Å². The maximum Gasteiger partial charge on any atom is 0.248 e. The minimum atomic E-state index is -0.896. The van der Waals surface area contributed by atoms with Crippen LogP contribution in [0.15, 0.2) is 43.0 Å². The van der Waals surface area contributed by atoms with Gasteiger partial charge in [0, 0.05) is 48.4 Å². The number of nitrogens with zero attached hydrogens (tertiary/aromatic N) is 5. The first-order valence-corrected chi connectivity index (χ1v) is 9.74. The van der Waals surface area contributed by atoms with Gasteiger partial charge in [0.25, 0.3) is 0 Å². The van der Waals surface area contributed by atoms with Gasteiger partial charge in [-0.2, -0.15) is 10.4 Å². The predicted octanol–water partition coefficient (Wildman–Crippen LogP) is 3.95. The maximum atomic E-state index is 13.4. The molecule has 1 aliphatic carbocycles. The molecule has 0 radical (unpaired) electrons. The molecule has 0 unspecified atom stereocenters. The third kappa shape index (κ3) is 2.36. The van der Waals surface area contributed by atoms with E-state index in [-0.39, 0.29) is 17.7 Å². The number of amides is 1. The van der Waals surface area contributed by atoms with Gasteiger partial charge in [0.15, 0.2) is 0 Å². The highest BCUT2D eigenvalue weighted by molar-refractivity contribution is 6.30. The van der Waals surface area contributed by atoms with Crippen molar-refractivity contribution < 1.29 is 4.79 Å². The zero-order valence-electron chi connectivity index (χ0n) is 15.3. The van der Waals surface area contributed by atoms with E-state index in [0.717, 1.165) is 35.2 Å². The zero-order valence-corrected chi connectivity index (χ0v) is 16.1. The molecule has 28 heavy (non-hydrogen) atoms. The van der Waals surface area contributed by atoms with E-state index in [1.54, 1.807) is 28.0 Å². The summed E-state index contributed by atoms with van der Waals surface area (Å²) in [6.45, 7) is 2.56. The number of hydrogen-bond acceptors (Lipinski definition) is 4. The number of carbonyl (C=O) groups is 1. The van der Waals surface area contributed by atoms with Gasteiger partial charge in [0.1, 0.15) is 5.41 Å². The largest absolute Gasteiger partial charge is 0.309 e. The Morgan fingerprint density at radius 3 is 2.82 bits per heavy atom. The van der Waals surface area contributed by atoms with Crippen molar-refractivity contribution in [1.29, 1.82) is 5.26 Å². The normalized spacial score (nSPS) is 24.7. The Balaban J connectivity index is 1.60. The lowest BCUT2D eigenvalue weighted by atomic mass is 9.75. The number of hydrogen-bond donors (Lipinski definition) is 0. The lowest BCUT2D eigenvalue weighted by Crippen LogP contribution is -2.37. The molecule has 2 fully saturated rings. The summed E-state index contributed by atoms with van der Waals surface area (Å²) in [5, 5.41) is 14.8. The fourth-order valence-electron chi connectivity index (χ4n) is 4.46. The van der Waals surface area contributed by atoms with Crippen LogP contribution in [0.4, 0.5) is 5.69 Å². The molecule has 0 N–H and O–H groups in total. The summed E-state index contributed by atoms with van der Waals surface area (Å²) in [5.74, 6) is 0.102. The summed E-state index contributed by atoms with van der Waals surface area (Å²) in [7, 11) is 0. The van der Waals surface area contributed by atoms with Crippen molar-refractivity contribution in [3.8, 4) is 17.2 Å². The van der Waals surface area contributed by atoms with E-state index in [1.807, 2.05) is 31.3 Å². The first-order chi connectivity index (χ1) is 13.5. The molecule has 1 saturated carbocycles. The van der Waals surface area contributed by atoms with Gasteiger partial charge in [-0.25, -0.2) is 4.52 Å². The average Bonchev–Trinajstić information content (AvgIpc) is 3.38. The minimum Gasteiger partial charge on any atom is -0.309 e. The molecular weight excluding hydrogens is 374 g/mol. The highest BCUT2D eigenvalue weighted by Gasteiger charge is 2.61. The molecule has 7 heteroatoms. The fourth-order valence-corrected chi connectivity index (χ4v) is 4.64. The van der Waals surface area contributed by atoms with E-state index >= 15 is 0 Å². The summed E-state index contributed by atoms with van der Waals surface area (Å²) in [5.41, 5.74) is 2.51. The Kier molecular flexibility index (Phi) is 3.72. The molecule has 0 aromatic carbocycles. The van der Waals surface area contributed by atoms with Gasteiger partial charge in [-0.1, -0.05) is 18.5 Å². The van der Waals surface area contributed by atoms with Crippen LogP contribution < -0.4 is 4.90 Å². The SMILES string of the molecule is C[C@@H]1CN(c2ccnn3cc(-c4cncc(Cl)c4)cc23)C(=O)[C@]1(C#N)C1CC1. The highest BCUT2D eigenvalue weighted by Crippen LogP contribution is 2.54. The smallest absolute Gasteiger partial charge is 0.248 e. The third-order valence-corrected chi connectivity index (χ3v) is 6.26. The molecule has 3 aromatic rings. The summed E-state index contributed by atoms with van der Waals surface area (Å²) in [6, 6.07) is 8.07. The molecule has 3 aromatic heterocycles. The Bertz CT molecular complexity index is 1150. The fraction of sp³-hybridized carbons (Fsp3) is 0.333. The second-order valence-electron chi connectivity index (χ2n) is 7.74. The standard InChI is InChI=1S/C21H18ClN5O/c1-13-10-26(20(28)21(13,12-23)16-2-3-16)18-4-5-25-27-11-15(7-19(18)27)14-6-17(22)9-24-8-14/h4-9,11,13,16H,2-3,10H2,1H3/t13-,21+/m1/s1. The van der Waals surface area contributed by atoms with Gasteiger partial charge in [-0.3, -0.25) is 9.78 Å². The van der Waals surface area contributed by atoms with Crippen molar-refractivity contribution in [2.75, 3.05) is 11.4 Å². The third-order valence-electron chi connectivity index (χ3n) is 6.05. The van der Waals surface area contributed by atoms with E-state index in [4.69, 9.17) is 11.6 Å². The number of carbonyl (C=O) groups excluding carboxylic acids is 1. The van der Waals surface area contributed by atoms with Gasteiger partial charge in [-0.15, -0.1) is 0 Å². The van der Waals surface area contributed by atoms with Crippen molar-refractivity contribution in [2.24, 2.45) is 17.3 Å². The zero-order chi connectivity index (χ0) is 19.5. The van der Waals surface area contributed by atoms with Crippen LogP contribution in [0, 0.1) is 28.6 Å². The van der Waals surface area contributed by atoms with Gasteiger partial charge in [-0.05, 0) is 37.0 Å². The van der Waals surface area contributed by atoms with Crippen LogP contribution in [0.2, 0.25) is 5.02 Å². The number of fused-ring (bicyclic) bond motifs is 1. The Labute approximate surface area is 167 Å². The van der Waals surface area contributed by atoms with E-state index < -0.39 is 5.41 Å². The van der Waals surface area contributed by atoms with Gasteiger partial charge < -0.3 is 4.90 Å². The Morgan fingerprint density at radius 1 is 1.29 bits per heavy atom. The van der Waals surface area contributed by atoms with Crippen LogP contribution in [0.1, 0.15) is 19.8 Å². The average molecular weight is 392 g/mol. The van der Waals surface area contributed by atoms with Gasteiger partial charge in [0.2, 0.25) is 5.91 Å². The van der Waals surface area contributed by atoms with E-state index in [0.29, 0.717) is 11.6 Å². The van der Waals surface area contributed by atoms with Crippen molar-refractivity contribution >= 4 is 28.7 Å². The lowest BCUT2D eigenvalue weighted by Gasteiger charge is -2.23. The van der Waals surface area contributed by atoms with Crippen LogP contribution in [0.3, 0.4) is 0 Å². The van der Waals surface area contributed by atoms with Crippen LogP contribution >= 0.6 is 11.6 Å². The molecule has 0 spiro atoms. The molecule has 140 valence electrons. The van der Waals surface area contributed by atoms with Crippen molar-refractivity contribution in [3.63, 3.8) is 0 Å². The van der Waals surface area contributed by atoms with Crippen molar-refractivity contribution in [2.45, 2.75) is 19.8 Å². The Hall–Kier alpha value is -2.91. The summed E-state index contributed by atoms with van der Waals surface area (Å²) >= 11 is 6.08. The summed E-state index contributed by atoms with van der Waals surface area (Å²) in [4.78, 5) is 19.3. The highest BCUT2D eigenvalue weighted by atomic mass is 35.5. The topological polar surface area (TPSA) is 74.3 Å². The summed E-state index contributed by atoms with van der Waals surface area (Å²) < 4.78 is 1.76. The van der Waals surface area contributed by atoms with Crippen LogP contribution in [0.25, 0.3) is 16.6 Å². The van der Waals surface area contributed by atoms with Crippen molar-refractivity contribution in [1.82, 2.24) is 14.6 Å². The second-order valence-corrected chi connectivity index (χ2v) is 8.18. The number of nitriles is 1. The number of aromatic nitrogens is 3.